The number of carbonyl (C=O) groups excluding carboxylic acids is 1. The van der Waals surface area contributed by atoms with Gasteiger partial charge >= 0.3 is 5.97 Å². The molecule has 2 aromatic rings. The van der Waals surface area contributed by atoms with Crippen molar-refractivity contribution in [3.8, 4) is 0 Å². The number of hydrogen-bond acceptors (Lipinski definition) is 4. The maximum Gasteiger partial charge on any atom is 0.354 e. The Balaban J connectivity index is 2.12. The van der Waals surface area contributed by atoms with Crippen LogP contribution in [0.15, 0.2) is 34.9 Å². The van der Waals surface area contributed by atoms with Crippen molar-refractivity contribution >= 4 is 11.9 Å². The Morgan fingerprint density at radius 1 is 1.35 bits per heavy atom. The molecule has 0 spiro atoms. The summed E-state index contributed by atoms with van der Waals surface area (Å²) in [6.45, 7) is 3.61. The van der Waals surface area contributed by atoms with Gasteiger partial charge in [0, 0.05) is 11.8 Å². The molecule has 0 aliphatic rings. The molecule has 0 radical (unpaired) electrons. The first-order valence-corrected chi connectivity index (χ1v) is 6.04. The summed E-state index contributed by atoms with van der Waals surface area (Å²) in [7, 11) is 0. The summed E-state index contributed by atoms with van der Waals surface area (Å²) in [6, 6.07) is 5.99. The first kappa shape index (κ1) is 13.8. The van der Waals surface area contributed by atoms with Crippen molar-refractivity contribution in [2.75, 3.05) is 0 Å². The molecular weight excluding hydrogens is 260 g/mol. The lowest BCUT2D eigenvalue weighted by molar-refractivity contribution is 0.0690. The van der Waals surface area contributed by atoms with Crippen LogP contribution in [-0.2, 0) is 0 Å². The highest BCUT2D eigenvalue weighted by atomic mass is 16.4. The van der Waals surface area contributed by atoms with Gasteiger partial charge in [-0.2, -0.15) is 0 Å². The molecule has 104 valence electrons. The molecule has 0 aliphatic heterocycles. The molecular formula is C14H14N2O4. The number of carbonyl (C=O) groups is 2. The maximum absolute atomic E-state index is 12.0. The topological polar surface area (TPSA) is 92.4 Å². The predicted octanol–water partition coefficient (Wildman–Crippen LogP) is 2.17. The van der Waals surface area contributed by atoms with Gasteiger partial charge in [-0.05, 0) is 38.1 Å². The van der Waals surface area contributed by atoms with Crippen molar-refractivity contribution in [1.29, 1.82) is 0 Å². The maximum atomic E-state index is 12.0. The minimum absolute atomic E-state index is 0.167. The van der Waals surface area contributed by atoms with Crippen LogP contribution in [0.2, 0.25) is 0 Å². The number of furan rings is 1. The van der Waals surface area contributed by atoms with Gasteiger partial charge in [-0.25, -0.2) is 9.78 Å². The quantitative estimate of drug-likeness (QED) is 0.891. The number of nitrogens with zero attached hydrogens (tertiary/aromatic N) is 1. The molecule has 2 aromatic heterocycles. The minimum atomic E-state index is -1.17. The molecule has 0 saturated heterocycles. The molecule has 2 rings (SSSR count). The van der Waals surface area contributed by atoms with E-state index >= 15 is 0 Å². The van der Waals surface area contributed by atoms with Crippen molar-refractivity contribution in [2.24, 2.45) is 0 Å². The Morgan fingerprint density at radius 2 is 2.10 bits per heavy atom. The number of aromatic carboxylic acids is 1. The molecule has 0 bridgehead atoms. The van der Waals surface area contributed by atoms with Crippen LogP contribution in [0, 0.1) is 6.92 Å². The fraction of sp³-hybridized carbons (Fsp3) is 0.214. The van der Waals surface area contributed by atoms with Crippen LogP contribution in [-0.4, -0.2) is 22.0 Å². The van der Waals surface area contributed by atoms with E-state index in [2.05, 4.69) is 10.3 Å². The number of pyridine rings is 1. The molecule has 6 heteroatoms. The molecule has 0 aliphatic carbocycles. The molecule has 0 aromatic carbocycles. The second kappa shape index (κ2) is 5.56. The van der Waals surface area contributed by atoms with Crippen LogP contribution in [0.1, 0.15) is 45.3 Å². The highest BCUT2D eigenvalue weighted by Gasteiger charge is 2.15. The summed E-state index contributed by atoms with van der Waals surface area (Å²) in [4.78, 5) is 26.5. The number of rotatable bonds is 4. The van der Waals surface area contributed by atoms with Gasteiger partial charge in [0.05, 0.1) is 6.04 Å². The number of carboxylic acids is 1. The summed E-state index contributed by atoms with van der Waals surface area (Å²) in [5, 5.41) is 11.6. The van der Waals surface area contributed by atoms with E-state index in [1.54, 1.807) is 13.0 Å². The highest BCUT2D eigenvalue weighted by Crippen LogP contribution is 2.16. The van der Waals surface area contributed by atoms with Crippen LogP contribution in [0.5, 0.6) is 0 Å². The zero-order valence-electron chi connectivity index (χ0n) is 11.1. The van der Waals surface area contributed by atoms with Crippen molar-refractivity contribution < 1.29 is 19.1 Å². The number of carboxylic acid groups (broad SMARTS) is 1. The van der Waals surface area contributed by atoms with Gasteiger partial charge in [-0.1, -0.05) is 0 Å². The third-order valence-electron chi connectivity index (χ3n) is 2.78. The predicted molar refractivity (Wildman–Crippen MR) is 70.5 cm³/mol. The molecule has 1 amide bonds. The number of nitrogens with one attached hydrogen (secondary N) is 1. The monoisotopic (exact) mass is 274 g/mol. The molecule has 0 fully saturated rings. The van der Waals surface area contributed by atoms with Gasteiger partial charge in [-0.3, -0.25) is 4.79 Å². The van der Waals surface area contributed by atoms with E-state index in [0.717, 1.165) is 5.76 Å². The van der Waals surface area contributed by atoms with Crippen molar-refractivity contribution in [2.45, 2.75) is 19.9 Å². The normalized spacial score (nSPS) is 11.9. The van der Waals surface area contributed by atoms with Crippen molar-refractivity contribution in [1.82, 2.24) is 10.3 Å². The summed E-state index contributed by atoms with van der Waals surface area (Å²) in [6.07, 6.45) is 1.29. The summed E-state index contributed by atoms with van der Waals surface area (Å²) >= 11 is 0. The first-order chi connectivity index (χ1) is 9.47. The molecule has 6 nitrogen and oxygen atoms in total. The second-order valence-corrected chi connectivity index (χ2v) is 4.38. The zero-order chi connectivity index (χ0) is 14.7. The number of aryl methyl sites for hydroxylation is 1. The Labute approximate surface area is 115 Å². The van der Waals surface area contributed by atoms with Gasteiger partial charge in [0.25, 0.3) is 5.91 Å². The Hall–Kier alpha value is -2.63. The summed E-state index contributed by atoms with van der Waals surface area (Å²) in [5.74, 6) is -0.146. The average molecular weight is 274 g/mol. The molecule has 0 saturated carbocycles. The lowest BCUT2D eigenvalue weighted by atomic mass is 10.2. The third kappa shape index (κ3) is 3.03. The van der Waals surface area contributed by atoms with Gasteiger partial charge < -0.3 is 14.8 Å². The standard InChI is InChI=1S/C14H14N2O4/c1-8-3-4-12(20-8)9(2)16-13(17)10-5-6-15-11(7-10)14(18)19/h3-7,9H,1-2H3,(H,16,17)(H,18,19). The van der Waals surface area contributed by atoms with E-state index in [0.29, 0.717) is 5.76 Å². The van der Waals surface area contributed by atoms with Crippen LogP contribution < -0.4 is 5.32 Å². The second-order valence-electron chi connectivity index (χ2n) is 4.38. The number of amides is 1. The van der Waals surface area contributed by atoms with Crippen molar-refractivity contribution in [3.05, 3.63) is 53.2 Å². The first-order valence-electron chi connectivity index (χ1n) is 6.04. The van der Waals surface area contributed by atoms with E-state index in [-0.39, 0.29) is 23.2 Å². The zero-order valence-corrected chi connectivity index (χ0v) is 11.1. The van der Waals surface area contributed by atoms with E-state index in [1.165, 1.54) is 18.3 Å². The van der Waals surface area contributed by atoms with E-state index in [9.17, 15) is 9.59 Å². The molecule has 20 heavy (non-hydrogen) atoms. The molecule has 1 unspecified atom stereocenters. The van der Waals surface area contributed by atoms with E-state index in [4.69, 9.17) is 9.52 Å². The SMILES string of the molecule is Cc1ccc(C(C)NC(=O)c2ccnc(C(=O)O)c2)o1. The smallest absolute Gasteiger partial charge is 0.354 e. The van der Waals surface area contributed by atoms with Gasteiger partial charge in [0.1, 0.15) is 17.2 Å². The van der Waals surface area contributed by atoms with Gasteiger partial charge in [0.2, 0.25) is 0 Å². The largest absolute Gasteiger partial charge is 0.477 e. The summed E-state index contributed by atoms with van der Waals surface area (Å²) in [5.41, 5.74) is 0.0756. The molecule has 2 N–H and O–H groups in total. The van der Waals surface area contributed by atoms with Gasteiger partial charge in [-0.15, -0.1) is 0 Å². The fourth-order valence-corrected chi connectivity index (χ4v) is 1.73. The lowest BCUT2D eigenvalue weighted by Crippen LogP contribution is -2.26. The van der Waals surface area contributed by atoms with Gasteiger partial charge in [0.15, 0.2) is 0 Å². The van der Waals surface area contributed by atoms with Crippen LogP contribution >= 0.6 is 0 Å². The fourth-order valence-electron chi connectivity index (χ4n) is 1.73. The van der Waals surface area contributed by atoms with Crippen LogP contribution in [0.25, 0.3) is 0 Å². The third-order valence-corrected chi connectivity index (χ3v) is 2.78. The Kier molecular flexibility index (Phi) is 3.84. The van der Waals surface area contributed by atoms with Crippen molar-refractivity contribution in [3.63, 3.8) is 0 Å². The Bertz CT molecular complexity index is 648. The van der Waals surface area contributed by atoms with E-state index < -0.39 is 5.97 Å². The summed E-state index contributed by atoms with van der Waals surface area (Å²) < 4.78 is 5.42. The molecule has 2 heterocycles. The average Bonchev–Trinajstić information content (AvgIpc) is 2.85. The lowest BCUT2D eigenvalue weighted by Gasteiger charge is -2.11. The Morgan fingerprint density at radius 3 is 2.70 bits per heavy atom. The molecule has 1 atom stereocenters. The number of hydrogen-bond donors (Lipinski definition) is 2. The highest BCUT2D eigenvalue weighted by molar-refractivity contribution is 5.96. The minimum Gasteiger partial charge on any atom is -0.477 e. The number of aromatic nitrogens is 1. The van der Waals surface area contributed by atoms with Crippen LogP contribution in [0.3, 0.4) is 0 Å². The van der Waals surface area contributed by atoms with E-state index in [1.807, 2.05) is 13.0 Å². The van der Waals surface area contributed by atoms with Crippen LogP contribution in [0.4, 0.5) is 0 Å².